The standard InChI is InChI=1S/C15H22N2O2/c1-15(5-3-4-6-15)10-17-14(18)11-7-12(16)9-13(8-11)19-2/h7-9H,3-6,10,16H2,1-2H3,(H,17,18). The Hall–Kier alpha value is -1.71. The number of nitrogens with one attached hydrogen (secondary N) is 1. The quantitative estimate of drug-likeness (QED) is 0.820. The first-order chi connectivity index (χ1) is 9.02. The number of benzene rings is 1. The summed E-state index contributed by atoms with van der Waals surface area (Å²) in [5, 5.41) is 3.01. The van der Waals surface area contributed by atoms with Crippen LogP contribution in [0.5, 0.6) is 5.75 Å². The lowest BCUT2D eigenvalue weighted by Crippen LogP contribution is -2.34. The van der Waals surface area contributed by atoms with E-state index in [0.29, 0.717) is 17.0 Å². The summed E-state index contributed by atoms with van der Waals surface area (Å²) < 4.78 is 5.12. The highest BCUT2D eigenvalue weighted by molar-refractivity contribution is 5.95. The van der Waals surface area contributed by atoms with E-state index in [0.717, 1.165) is 6.54 Å². The molecule has 4 heteroatoms. The lowest BCUT2D eigenvalue weighted by molar-refractivity contribution is 0.0934. The van der Waals surface area contributed by atoms with Crippen molar-refractivity contribution in [1.29, 1.82) is 0 Å². The molecule has 1 aromatic carbocycles. The van der Waals surface area contributed by atoms with Crippen LogP contribution in [0.15, 0.2) is 18.2 Å². The van der Waals surface area contributed by atoms with Gasteiger partial charge >= 0.3 is 0 Å². The molecule has 0 saturated heterocycles. The van der Waals surface area contributed by atoms with Crippen LogP contribution in [-0.2, 0) is 0 Å². The molecule has 1 aliphatic carbocycles. The van der Waals surface area contributed by atoms with Crippen LogP contribution in [0.3, 0.4) is 0 Å². The van der Waals surface area contributed by atoms with Crippen molar-refractivity contribution in [2.24, 2.45) is 5.41 Å². The number of carbonyl (C=O) groups excluding carboxylic acids is 1. The fourth-order valence-corrected chi connectivity index (χ4v) is 2.67. The molecular formula is C15H22N2O2. The van der Waals surface area contributed by atoms with Crippen LogP contribution in [0.2, 0.25) is 0 Å². The van der Waals surface area contributed by atoms with Crippen molar-refractivity contribution in [3.63, 3.8) is 0 Å². The summed E-state index contributed by atoms with van der Waals surface area (Å²) >= 11 is 0. The number of nitrogens with two attached hydrogens (primary N) is 1. The van der Waals surface area contributed by atoms with Crippen LogP contribution >= 0.6 is 0 Å². The van der Waals surface area contributed by atoms with Gasteiger partial charge in [0.2, 0.25) is 0 Å². The van der Waals surface area contributed by atoms with Gasteiger partial charge in [-0.1, -0.05) is 19.8 Å². The summed E-state index contributed by atoms with van der Waals surface area (Å²) in [4.78, 5) is 12.1. The van der Waals surface area contributed by atoms with Gasteiger partial charge in [0.05, 0.1) is 7.11 Å². The number of hydrogen-bond donors (Lipinski definition) is 2. The molecule has 0 aliphatic heterocycles. The van der Waals surface area contributed by atoms with Gasteiger partial charge in [0.15, 0.2) is 0 Å². The number of anilines is 1. The minimum atomic E-state index is -0.0845. The van der Waals surface area contributed by atoms with Crippen molar-refractivity contribution in [3.8, 4) is 5.75 Å². The first kappa shape index (κ1) is 13.7. The van der Waals surface area contributed by atoms with E-state index in [9.17, 15) is 4.79 Å². The molecular weight excluding hydrogens is 240 g/mol. The lowest BCUT2D eigenvalue weighted by atomic mass is 9.89. The van der Waals surface area contributed by atoms with Crippen LogP contribution in [0.4, 0.5) is 5.69 Å². The van der Waals surface area contributed by atoms with Gasteiger partial charge in [-0.2, -0.15) is 0 Å². The first-order valence-electron chi connectivity index (χ1n) is 6.75. The second-order valence-electron chi connectivity index (χ2n) is 5.70. The zero-order valence-corrected chi connectivity index (χ0v) is 11.7. The van der Waals surface area contributed by atoms with Crippen molar-refractivity contribution in [2.75, 3.05) is 19.4 Å². The number of ether oxygens (including phenoxy) is 1. The van der Waals surface area contributed by atoms with Gasteiger partial charge in [-0.15, -0.1) is 0 Å². The van der Waals surface area contributed by atoms with Gasteiger partial charge in [-0.3, -0.25) is 4.79 Å². The van der Waals surface area contributed by atoms with Crippen molar-refractivity contribution in [1.82, 2.24) is 5.32 Å². The first-order valence-corrected chi connectivity index (χ1v) is 6.75. The smallest absolute Gasteiger partial charge is 0.251 e. The molecule has 19 heavy (non-hydrogen) atoms. The summed E-state index contributed by atoms with van der Waals surface area (Å²) in [5.74, 6) is 0.524. The average Bonchev–Trinajstić information content (AvgIpc) is 2.82. The number of rotatable bonds is 4. The number of nitrogen functional groups attached to an aromatic ring is 1. The third-order valence-electron chi connectivity index (χ3n) is 3.91. The van der Waals surface area contributed by atoms with E-state index in [1.807, 2.05) is 0 Å². The maximum absolute atomic E-state index is 12.1. The Kier molecular flexibility index (Phi) is 3.98. The number of carbonyl (C=O) groups is 1. The second kappa shape index (κ2) is 5.51. The normalized spacial score (nSPS) is 17.2. The highest BCUT2D eigenvalue weighted by Crippen LogP contribution is 2.36. The minimum absolute atomic E-state index is 0.0845. The van der Waals surface area contributed by atoms with Crippen molar-refractivity contribution in [3.05, 3.63) is 23.8 Å². The summed E-state index contributed by atoms with van der Waals surface area (Å²) in [6.07, 6.45) is 4.90. The lowest BCUT2D eigenvalue weighted by Gasteiger charge is -2.23. The molecule has 0 bridgehead atoms. The van der Waals surface area contributed by atoms with Gasteiger partial charge in [-0.05, 0) is 30.4 Å². The van der Waals surface area contributed by atoms with Crippen molar-refractivity contribution in [2.45, 2.75) is 32.6 Å². The fourth-order valence-electron chi connectivity index (χ4n) is 2.67. The summed E-state index contributed by atoms with van der Waals surface area (Å²) in [5.41, 5.74) is 7.10. The predicted octanol–water partition coefficient (Wildman–Crippen LogP) is 2.59. The SMILES string of the molecule is COc1cc(N)cc(C(=O)NCC2(C)CCCC2)c1. The Morgan fingerprint density at radius 1 is 1.37 bits per heavy atom. The third kappa shape index (κ3) is 3.40. The molecule has 1 aliphatic rings. The van der Waals surface area contributed by atoms with Crippen LogP contribution in [0.25, 0.3) is 0 Å². The van der Waals surface area contributed by atoms with Gasteiger partial charge in [0.1, 0.15) is 5.75 Å². The highest BCUT2D eigenvalue weighted by atomic mass is 16.5. The van der Waals surface area contributed by atoms with Crippen molar-refractivity contribution < 1.29 is 9.53 Å². The van der Waals surface area contributed by atoms with Crippen LogP contribution < -0.4 is 15.8 Å². The second-order valence-corrected chi connectivity index (χ2v) is 5.70. The van der Waals surface area contributed by atoms with Crippen molar-refractivity contribution >= 4 is 11.6 Å². The zero-order valence-electron chi connectivity index (χ0n) is 11.7. The summed E-state index contributed by atoms with van der Waals surface area (Å²) in [6, 6.07) is 5.09. The third-order valence-corrected chi connectivity index (χ3v) is 3.91. The molecule has 104 valence electrons. The van der Waals surface area contributed by atoms with E-state index in [1.165, 1.54) is 25.7 Å². The Labute approximate surface area is 114 Å². The minimum Gasteiger partial charge on any atom is -0.497 e. The Morgan fingerprint density at radius 2 is 2.05 bits per heavy atom. The van der Waals surface area contributed by atoms with Gasteiger partial charge in [0, 0.05) is 23.9 Å². The molecule has 1 fully saturated rings. The van der Waals surface area contributed by atoms with Crippen LogP contribution in [0, 0.1) is 5.41 Å². The Balaban J connectivity index is 2.01. The Bertz CT molecular complexity index is 465. The molecule has 0 unspecified atom stereocenters. The maximum atomic E-state index is 12.1. The van der Waals surface area contributed by atoms with E-state index < -0.39 is 0 Å². The highest BCUT2D eigenvalue weighted by Gasteiger charge is 2.28. The van der Waals surface area contributed by atoms with Crippen LogP contribution in [-0.4, -0.2) is 19.6 Å². The molecule has 0 radical (unpaired) electrons. The molecule has 1 amide bonds. The maximum Gasteiger partial charge on any atom is 0.251 e. The summed E-state index contributed by atoms with van der Waals surface area (Å²) in [7, 11) is 1.57. The zero-order chi connectivity index (χ0) is 13.9. The largest absolute Gasteiger partial charge is 0.497 e. The van der Waals surface area contributed by atoms with E-state index >= 15 is 0 Å². The number of amides is 1. The summed E-state index contributed by atoms with van der Waals surface area (Å²) in [6.45, 7) is 2.96. The molecule has 2 rings (SSSR count). The molecule has 4 nitrogen and oxygen atoms in total. The predicted molar refractivity (Wildman–Crippen MR) is 76.3 cm³/mol. The monoisotopic (exact) mass is 262 g/mol. The molecule has 3 N–H and O–H groups in total. The molecule has 0 spiro atoms. The average molecular weight is 262 g/mol. The Morgan fingerprint density at radius 3 is 2.68 bits per heavy atom. The fraction of sp³-hybridized carbons (Fsp3) is 0.533. The molecule has 1 saturated carbocycles. The van der Waals surface area contributed by atoms with Gasteiger partial charge in [-0.25, -0.2) is 0 Å². The number of hydrogen-bond acceptors (Lipinski definition) is 3. The number of methoxy groups -OCH3 is 1. The molecule has 1 aromatic rings. The van der Waals surface area contributed by atoms with E-state index in [1.54, 1.807) is 25.3 Å². The van der Waals surface area contributed by atoms with E-state index in [2.05, 4.69) is 12.2 Å². The molecule has 0 heterocycles. The molecule has 0 atom stereocenters. The van der Waals surface area contributed by atoms with E-state index in [-0.39, 0.29) is 11.3 Å². The van der Waals surface area contributed by atoms with Crippen LogP contribution in [0.1, 0.15) is 43.0 Å². The molecule has 0 aromatic heterocycles. The topological polar surface area (TPSA) is 64.3 Å². The van der Waals surface area contributed by atoms with Gasteiger partial charge < -0.3 is 15.8 Å². The van der Waals surface area contributed by atoms with E-state index in [4.69, 9.17) is 10.5 Å². The van der Waals surface area contributed by atoms with Gasteiger partial charge in [0.25, 0.3) is 5.91 Å².